The molecule has 10 heteroatoms. The Balaban J connectivity index is 2.30. The molecule has 1 heterocycles. The summed E-state index contributed by atoms with van der Waals surface area (Å²) in [6, 6.07) is 3.80. The van der Waals surface area contributed by atoms with Crippen LogP contribution in [0, 0.1) is 10.1 Å². The lowest BCUT2D eigenvalue weighted by Crippen LogP contribution is -2.46. The van der Waals surface area contributed by atoms with Gasteiger partial charge in [0.15, 0.2) is 8.32 Å². The van der Waals surface area contributed by atoms with Gasteiger partial charge in [0.1, 0.15) is 11.6 Å². The number of non-ortho nitro benzene ring substituents is 1. The summed E-state index contributed by atoms with van der Waals surface area (Å²) < 4.78 is 11.9. The van der Waals surface area contributed by atoms with Crippen LogP contribution >= 0.6 is 0 Å². The number of nitrogens with zero attached hydrogens (tertiary/aromatic N) is 2. The number of benzene rings is 1. The van der Waals surface area contributed by atoms with Crippen LogP contribution in [0.15, 0.2) is 24.3 Å². The summed E-state index contributed by atoms with van der Waals surface area (Å²) in [5.74, 6) is -1.58. The van der Waals surface area contributed by atoms with Gasteiger partial charge in [-0.2, -0.15) is 0 Å². The molecule has 2 atom stereocenters. The number of amides is 1. The number of nitro groups is 1. The molecule has 0 radical (unpaired) electrons. The van der Waals surface area contributed by atoms with E-state index in [1.807, 2.05) is 0 Å². The molecule has 9 nitrogen and oxygen atoms in total. The maximum atomic E-state index is 13.2. The van der Waals surface area contributed by atoms with E-state index in [0.717, 1.165) is 0 Å². The van der Waals surface area contributed by atoms with Crippen LogP contribution in [0.1, 0.15) is 58.3 Å². The molecule has 1 aliphatic rings. The Morgan fingerprint density at radius 3 is 2.06 bits per heavy atom. The molecule has 1 aliphatic heterocycles. The SMILES string of the molecule is CC(C)(C)OC(=O)N1C[C@H](O[Si](C)(C)C(C)(C)C)C[C@H]1C(=O)C(=O)c1ccc([N+](=O)[O-])cc1. The molecule has 1 aromatic carbocycles. The molecule has 0 aliphatic carbocycles. The Bertz CT molecular complexity index is 930. The summed E-state index contributed by atoms with van der Waals surface area (Å²) in [5.41, 5.74) is -0.924. The quantitative estimate of drug-likeness (QED) is 0.190. The van der Waals surface area contributed by atoms with Gasteiger partial charge in [0, 0.05) is 30.7 Å². The molecule has 0 unspecified atom stereocenters. The normalized spacial score (nSPS) is 19.3. The number of hydrogen-bond acceptors (Lipinski definition) is 7. The standard InChI is InChI=1S/C23H34N2O7Si/c1-22(2,3)31-21(28)24-14-17(32-33(7,8)23(4,5)6)13-18(24)20(27)19(26)15-9-11-16(12-10-15)25(29)30/h9-12,17-18H,13-14H2,1-8H3/t17-,18+/m1/s1. The highest BCUT2D eigenvalue weighted by molar-refractivity contribution is 6.74. The summed E-state index contributed by atoms with van der Waals surface area (Å²) >= 11 is 0. The Morgan fingerprint density at radius 2 is 1.61 bits per heavy atom. The van der Waals surface area contributed by atoms with Crippen molar-refractivity contribution in [2.75, 3.05) is 6.54 Å². The van der Waals surface area contributed by atoms with Crippen LogP contribution in [0.5, 0.6) is 0 Å². The van der Waals surface area contributed by atoms with Crippen molar-refractivity contribution in [3.8, 4) is 0 Å². The molecule has 0 spiro atoms. The van der Waals surface area contributed by atoms with Crippen molar-refractivity contribution in [1.82, 2.24) is 4.90 Å². The van der Waals surface area contributed by atoms with Crippen molar-refractivity contribution in [3.63, 3.8) is 0 Å². The molecule has 182 valence electrons. The third kappa shape index (κ3) is 6.48. The second kappa shape index (κ2) is 9.34. The van der Waals surface area contributed by atoms with E-state index in [1.54, 1.807) is 20.8 Å². The number of nitro benzene ring substituents is 1. The first-order valence-corrected chi connectivity index (χ1v) is 13.8. The van der Waals surface area contributed by atoms with E-state index in [1.165, 1.54) is 29.2 Å². The van der Waals surface area contributed by atoms with Crippen molar-refractivity contribution in [3.05, 3.63) is 39.9 Å². The molecular formula is C23H34N2O7Si. The van der Waals surface area contributed by atoms with Crippen LogP contribution in [0.25, 0.3) is 0 Å². The first-order valence-electron chi connectivity index (χ1n) is 10.9. The molecule has 1 amide bonds. The van der Waals surface area contributed by atoms with Gasteiger partial charge in [-0.3, -0.25) is 24.6 Å². The van der Waals surface area contributed by atoms with E-state index in [2.05, 4.69) is 33.9 Å². The fourth-order valence-corrected chi connectivity index (χ4v) is 4.63. The minimum Gasteiger partial charge on any atom is -0.444 e. The minimum atomic E-state index is -2.19. The van der Waals surface area contributed by atoms with Gasteiger partial charge in [0.05, 0.1) is 11.0 Å². The number of carbonyl (C=O) groups excluding carboxylic acids is 3. The zero-order valence-electron chi connectivity index (χ0n) is 20.6. The molecule has 1 fully saturated rings. The number of likely N-dealkylation sites (tertiary alicyclic amines) is 1. The molecule has 0 N–H and O–H groups in total. The maximum absolute atomic E-state index is 13.2. The Kier molecular flexibility index (Phi) is 7.54. The summed E-state index contributed by atoms with van der Waals surface area (Å²) in [4.78, 5) is 50.5. The average molecular weight is 479 g/mol. The first-order chi connectivity index (χ1) is 14.9. The van der Waals surface area contributed by atoms with Crippen molar-refractivity contribution in [1.29, 1.82) is 0 Å². The predicted molar refractivity (Wildman–Crippen MR) is 126 cm³/mol. The Labute approximate surface area is 195 Å². The Morgan fingerprint density at radius 1 is 1.06 bits per heavy atom. The van der Waals surface area contributed by atoms with Crippen LogP contribution in [0.4, 0.5) is 10.5 Å². The topological polar surface area (TPSA) is 116 Å². The molecule has 33 heavy (non-hydrogen) atoms. The molecule has 0 saturated carbocycles. The number of carbonyl (C=O) groups is 3. The van der Waals surface area contributed by atoms with Crippen LogP contribution < -0.4 is 0 Å². The number of Topliss-reactive ketones (excluding diaryl/α,β-unsaturated/α-hetero) is 2. The third-order valence-corrected chi connectivity index (χ3v) is 10.6. The number of ether oxygens (including phenoxy) is 1. The zero-order chi connectivity index (χ0) is 25.4. The molecule has 0 aromatic heterocycles. The fraction of sp³-hybridized carbons (Fsp3) is 0.609. The highest BCUT2D eigenvalue weighted by Crippen LogP contribution is 2.39. The van der Waals surface area contributed by atoms with Crippen LogP contribution in [-0.2, 0) is 14.0 Å². The second-order valence-corrected chi connectivity index (χ2v) is 15.6. The van der Waals surface area contributed by atoms with E-state index < -0.39 is 48.6 Å². The molecule has 1 aromatic rings. The number of hydrogen-bond donors (Lipinski definition) is 0. The summed E-state index contributed by atoms with van der Waals surface area (Å²) in [5, 5.41) is 10.8. The van der Waals surface area contributed by atoms with Gasteiger partial charge in [-0.25, -0.2) is 4.79 Å². The third-order valence-electron chi connectivity index (χ3n) is 6.02. The molecular weight excluding hydrogens is 444 g/mol. The summed E-state index contributed by atoms with van der Waals surface area (Å²) in [6.07, 6.45) is -0.903. The van der Waals surface area contributed by atoms with Crippen LogP contribution in [0.3, 0.4) is 0 Å². The van der Waals surface area contributed by atoms with E-state index in [0.29, 0.717) is 0 Å². The highest BCUT2D eigenvalue weighted by atomic mass is 28.4. The lowest BCUT2D eigenvalue weighted by molar-refractivity contribution is -0.384. The molecule has 0 bridgehead atoms. The average Bonchev–Trinajstić information content (AvgIpc) is 3.08. The summed E-state index contributed by atoms with van der Waals surface area (Å²) in [7, 11) is -2.19. The lowest BCUT2D eigenvalue weighted by Gasteiger charge is -2.38. The van der Waals surface area contributed by atoms with Crippen molar-refractivity contribution in [2.24, 2.45) is 0 Å². The smallest absolute Gasteiger partial charge is 0.411 e. The summed E-state index contributed by atoms with van der Waals surface area (Å²) in [6.45, 7) is 15.8. The van der Waals surface area contributed by atoms with Crippen molar-refractivity contribution in [2.45, 2.75) is 83.8 Å². The first kappa shape index (κ1) is 26.7. The van der Waals surface area contributed by atoms with Crippen LogP contribution in [-0.4, -0.2) is 60.1 Å². The Hall–Kier alpha value is -2.59. The van der Waals surface area contributed by atoms with Crippen molar-refractivity contribution < 1.29 is 28.5 Å². The van der Waals surface area contributed by atoms with Gasteiger partial charge in [0.25, 0.3) is 5.69 Å². The monoisotopic (exact) mass is 478 g/mol. The van der Waals surface area contributed by atoms with E-state index in [-0.39, 0.29) is 29.3 Å². The molecule has 1 saturated heterocycles. The second-order valence-electron chi connectivity index (χ2n) is 10.9. The number of ketones is 2. The van der Waals surface area contributed by atoms with E-state index in [4.69, 9.17) is 9.16 Å². The van der Waals surface area contributed by atoms with Gasteiger partial charge < -0.3 is 9.16 Å². The van der Waals surface area contributed by atoms with Gasteiger partial charge in [0.2, 0.25) is 11.6 Å². The van der Waals surface area contributed by atoms with Gasteiger partial charge in [-0.1, -0.05) is 20.8 Å². The highest BCUT2D eigenvalue weighted by Gasteiger charge is 2.47. The van der Waals surface area contributed by atoms with Gasteiger partial charge in [-0.15, -0.1) is 0 Å². The van der Waals surface area contributed by atoms with E-state index in [9.17, 15) is 24.5 Å². The maximum Gasteiger partial charge on any atom is 0.411 e. The van der Waals surface area contributed by atoms with Crippen LogP contribution in [0.2, 0.25) is 18.1 Å². The van der Waals surface area contributed by atoms with Gasteiger partial charge >= 0.3 is 6.09 Å². The zero-order valence-corrected chi connectivity index (χ0v) is 21.6. The van der Waals surface area contributed by atoms with Crippen molar-refractivity contribution >= 4 is 31.7 Å². The van der Waals surface area contributed by atoms with E-state index >= 15 is 0 Å². The molecule has 2 rings (SSSR count). The van der Waals surface area contributed by atoms with Gasteiger partial charge in [-0.05, 0) is 51.0 Å². The lowest BCUT2D eigenvalue weighted by atomic mass is 10.00. The minimum absolute atomic E-state index is 0.0310. The predicted octanol–water partition coefficient (Wildman–Crippen LogP) is 4.75. The largest absolute Gasteiger partial charge is 0.444 e. The fourth-order valence-electron chi connectivity index (χ4n) is 3.28. The number of rotatable bonds is 6.